The fourth-order valence-corrected chi connectivity index (χ4v) is 2.81. The van der Waals surface area contributed by atoms with Gasteiger partial charge in [-0.3, -0.25) is 9.59 Å². The minimum absolute atomic E-state index is 0.175. The molecule has 3 aromatic rings. The van der Waals surface area contributed by atoms with Crippen molar-refractivity contribution in [1.82, 2.24) is 15.0 Å². The number of benzene rings is 1. The molecular formula is C14H10N4O3S. The number of nitrogens with zero attached hydrogens (tertiary/aromatic N) is 3. The Morgan fingerprint density at radius 3 is 2.86 bits per heavy atom. The number of carbonyl (C=O) groups is 1. The third-order valence-corrected chi connectivity index (χ3v) is 3.87. The fraction of sp³-hybridized carbons (Fsp3) is 0.0714. The van der Waals surface area contributed by atoms with Crippen LogP contribution in [0, 0.1) is 0 Å². The average Bonchev–Trinajstić information content (AvgIpc) is 2.53. The fourth-order valence-electron chi connectivity index (χ4n) is 1.84. The van der Waals surface area contributed by atoms with Crippen molar-refractivity contribution in [2.45, 2.75) is 0 Å². The lowest BCUT2D eigenvalue weighted by Gasteiger charge is -2.04. The predicted octanol–water partition coefficient (Wildman–Crippen LogP) is 1.61. The van der Waals surface area contributed by atoms with E-state index in [1.807, 2.05) is 12.1 Å². The molecule has 22 heavy (non-hydrogen) atoms. The summed E-state index contributed by atoms with van der Waals surface area (Å²) < 4.78 is 0.816. The Balaban J connectivity index is 2.02. The summed E-state index contributed by atoms with van der Waals surface area (Å²) in [4.78, 5) is 34.7. The van der Waals surface area contributed by atoms with Gasteiger partial charge in [0.25, 0.3) is 5.56 Å². The zero-order valence-electron chi connectivity index (χ0n) is 11.2. The van der Waals surface area contributed by atoms with E-state index in [1.54, 1.807) is 18.2 Å². The van der Waals surface area contributed by atoms with E-state index in [0.717, 1.165) is 4.70 Å². The first kappa shape index (κ1) is 14.1. The maximum absolute atomic E-state index is 12.0. The summed E-state index contributed by atoms with van der Waals surface area (Å²) in [6, 6.07) is 8.83. The molecule has 1 aromatic carbocycles. The molecule has 0 aliphatic heterocycles. The van der Waals surface area contributed by atoms with Crippen LogP contribution in [-0.2, 0) is 4.79 Å². The number of carboxylic acid groups (broad SMARTS) is 1. The molecule has 0 radical (unpaired) electrons. The molecule has 8 heteroatoms. The van der Waals surface area contributed by atoms with Gasteiger partial charge in [-0.1, -0.05) is 12.1 Å². The lowest BCUT2D eigenvalue weighted by Crippen LogP contribution is -2.14. The number of carboxylic acids is 1. The molecular weight excluding hydrogens is 304 g/mol. The van der Waals surface area contributed by atoms with Crippen molar-refractivity contribution in [2.24, 2.45) is 0 Å². The minimum atomic E-state index is -1.01. The largest absolute Gasteiger partial charge is 0.480 e. The third kappa shape index (κ3) is 2.91. The van der Waals surface area contributed by atoms with Gasteiger partial charge >= 0.3 is 5.97 Å². The smallest absolute Gasteiger partial charge is 0.322 e. The molecule has 0 unspecified atom stereocenters. The van der Waals surface area contributed by atoms with Crippen molar-refractivity contribution in [2.75, 3.05) is 11.9 Å². The van der Waals surface area contributed by atoms with Crippen LogP contribution in [0.1, 0.15) is 0 Å². The Kier molecular flexibility index (Phi) is 3.75. The van der Waals surface area contributed by atoms with E-state index in [9.17, 15) is 9.59 Å². The van der Waals surface area contributed by atoms with Crippen LogP contribution in [0.5, 0.6) is 0 Å². The molecule has 0 amide bonds. The van der Waals surface area contributed by atoms with E-state index in [-0.39, 0.29) is 18.1 Å². The second-order valence-electron chi connectivity index (χ2n) is 4.33. The number of hydrogen-bond donors (Lipinski definition) is 2. The molecule has 0 aliphatic rings. The number of nitrogens with one attached hydrogen (secondary N) is 1. The first-order chi connectivity index (χ1) is 10.6. The lowest BCUT2D eigenvalue weighted by molar-refractivity contribution is -0.134. The SMILES string of the molecule is O=C(O)CNc1nccc(-c2nc(=O)c3ccccc3s2)n1. The second-order valence-corrected chi connectivity index (χ2v) is 5.36. The molecule has 110 valence electrons. The molecule has 0 saturated heterocycles. The van der Waals surface area contributed by atoms with Crippen molar-refractivity contribution < 1.29 is 9.90 Å². The van der Waals surface area contributed by atoms with Crippen LogP contribution < -0.4 is 10.9 Å². The van der Waals surface area contributed by atoms with Gasteiger partial charge in [-0.15, -0.1) is 11.3 Å². The molecule has 0 aliphatic carbocycles. The zero-order valence-corrected chi connectivity index (χ0v) is 12.0. The summed E-state index contributed by atoms with van der Waals surface area (Å²) in [7, 11) is 0. The van der Waals surface area contributed by atoms with Gasteiger partial charge in [0.05, 0.1) is 5.39 Å². The van der Waals surface area contributed by atoms with Crippen molar-refractivity contribution in [3.05, 3.63) is 46.9 Å². The lowest BCUT2D eigenvalue weighted by atomic mass is 10.3. The van der Waals surface area contributed by atoms with Gasteiger partial charge in [0.2, 0.25) is 5.95 Å². The molecule has 2 aromatic heterocycles. The molecule has 2 N–H and O–H groups in total. The van der Waals surface area contributed by atoms with E-state index >= 15 is 0 Å². The number of rotatable bonds is 4. The summed E-state index contributed by atoms with van der Waals surface area (Å²) >= 11 is 1.34. The van der Waals surface area contributed by atoms with E-state index < -0.39 is 5.97 Å². The normalized spacial score (nSPS) is 10.5. The van der Waals surface area contributed by atoms with Gasteiger partial charge in [-0.05, 0) is 18.2 Å². The van der Waals surface area contributed by atoms with Crippen LogP contribution in [0.2, 0.25) is 0 Å². The first-order valence-electron chi connectivity index (χ1n) is 6.32. The molecule has 7 nitrogen and oxygen atoms in total. The number of aliphatic carboxylic acids is 1. The maximum atomic E-state index is 12.0. The monoisotopic (exact) mass is 314 g/mol. The van der Waals surface area contributed by atoms with Crippen LogP contribution in [0.15, 0.2) is 41.3 Å². The standard InChI is InChI=1S/C14H10N4O3S/c19-11(20)7-16-14-15-6-5-9(17-14)13-18-12(21)8-3-1-2-4-10(8)22-13/h1-6H,7H2,(H,19,20)(H,15,16,17). The van der Waals surface area contributed by atoms with Crippen LogP contribution in [0.4, 0.5) is 5.95 Å². The highest BCUT2D eigenvalue weighted by Gasteiger charge is 2.09. The van der Waals surface area contributed by atoms with Crippen molar-refractivity contribution in [3.63, 3.8) is 0 Å². The highest BCUT2D eigenvalue weighted by Crippen LogP contribution is 2.24. The molecule has 0 bridgehead atoms. The Hall–Kier alpha value is -2.87. The number of fused-ring (bicyclic) bond motifs is 1. The van der Waals surface area contributed by atoms with Crippen molar-refractivity contribution >= 4 is 33.3 Å². The topological polar surface area (TPSA) is 105 Å². The summed E-state index contributed by atoms with van der Waals surface area (Å²) in [5.41, 5.74) is 0.152. The Labute approximate surface area is 128 Å². The number of anilines is 1. The van der Waals surface area contributed by atoms with Crippen LogP contribution >= 0.6 is 11.3 Å². The molecule has 0 atom stereocenters. The van der Waals surface area contributed by atoms with E-state index in [1.165, 1.54) is 17.5 Å². The molecule has 0 fully saturated rings. The van der Waals surface area contributed by atoms with Gasteiger partial charge in [-0.25, -0.2) is 9.97 Å². The van der Waals surface area contributed by atoms with Crippen LogP contribution in [0.3, 0.4) is 0 Å². The highest BCUT2D eigenvalue weighted by atomic mass is 32.1. The summed E-state index contributed by atoms with van der Waals surface area (Å²) in [6.07, 6.45) is 1.49. The van der Waals surface area contributed by atoms with E-state index in [2.05, 4.69) is 20.3 Å². The van der Waals surface area contributed by atoms with Crippen molar-refractivity contribution in [3.8, 4) is 10.7 Å². The number of hydrogen-bond acceptors (Lipinski definition) is 7. The zero-order chi connectivity index (χ0) is 15.5. The molecule has 2 heterocycles. The third-order valence-electron chi connectivity index (χ3n) is 2.80. The Morgan fingerprint density at radius 1 is 1.23 bits per heavy atom. The summed E-state index contributed by atoms with van der Waals surface area (Å²) in [5, 5.41) is 12.3. The van der Waals surface area contributed by atoms with Gasteiger partial charge in [0.1, 0.15) is 17.2 Å². The second kappa shape index (κ2) is 5.86. The molecule has 0 saturated carbocycles. The van der Waals surface area contributed by atoms with Crippen LogP contribution in [-0.4, -0.2) is 32.6 Å². The number of aromatic nitrogens is 3. The van der Waals surface area contributed by atoms with E-state index in [4.69, 9.17) is 5.11 Å². The van der Waals surface area contributed by atoms with Gasteiger partial charge in [0, 0.05) is 10.9 Å². The first-order valence-corrected chi connectivity index (χ1v) is 7.14. The Morgan fingerprint density at radius 2 is 2.05 bits per heavy atom. The molecule has 0 spiro atoms. The predicted molar refractivity (Wildman–Crippen MR) is 83.0 cm³/mol. The maximum Gasteiger partial charge on any atom is 0.322 e. The van der Waals surface area contributed by atoms with Crippen LogP contribution in [0.25, 0.3) is 20.8 Å². The van der Waals surface area contributed by atoms with Crippen molar-refractivity contribution in [1.29, 1.82) is 0 Å². The molecule has 3 rings (SSSR count). The summed E-state index contributed by atoms with van der Waals surface area (Å²) in [5.74, 6) is -0.836. The van der Waals surface area contributed by atoms with Gasteiger partial charge in [-0.2, -0.15) is 4.98 Å². The van der Waals surface area contributed by atoms with E-state index in [0.29, 0.717) is 16.1 Å². The van der Waals surface area contributed by atoms with Gasteiger partial charge in [0.15, 0.2) is 0 Å². The minimum Gasteiger partial charge on any atom is -0.480 e. The Bertz CT molecular complexity index is 910. The summed E-state index contributed by atoms with van der Waals surface area (Å²) in [6.45, 7) is -0.287. The quantitative estimate of drug-likeness (QED) is 0.753. The highest BCUT2D eigenvalue weighted by molar-refractivity contribution is 7.21. The average molecular weight is 314 g/mol. The van der Waals surface area contributed by atoms with Gasteiger partial charge < -0.3 is 10.4 Å².